The van der Waals surface area contributed by atoms with Gasteiger partial charge in [-0.3, -0.25) is 4.99 Å². The van der Waals surface area contributed by atoms with Crippen LogP contribution < -0.4 is 0 Å². The van der Waals surface area contributed by atoms with Gasteiger partial charge in [0.1, 0.15) is 0 Å². The average molecular weight is 331 g/mol. The van der Waals surface area contributed by atoms with Crippen molar-refractivity contribution in [3.8, 4) is 0 Å². The number of rotatable bonds is 0. The molecule has 1 aromatic carbocycles. The smallest absolute Gasteiger partial charge is 0.0824 e. The van der Waals surface area contributed by atoms with Gasteiger partial charge >= 0.3 is 0 Å². The number of halogens is 2. The first-order chi connectivity index (χ1) is 6.85. The van der Waals surface area contributed by atoms with Gasteiger partial charge in [-0.05, 0) is 41.4 Å². The SMILES string of the molecule is CC1=Nc2c(Br)cc(C)c(Br)c2C1(C)C. The van der Waals surface area contributed by atoms with Crippen LogP contribution in [-0.2, 0) is 5.41 Å². The number of hydrogen-bond acceptors (Lipinski definition) is 1. The molecule has 0 atom stereocenters. The molecule has 15 heavy (non-hydrogen) atoms. The summed E-state index contributed by atoms with van der Waals surface area (Å²) in [7, 11) is 0. The van der Waals surface area contributed by atoms with Gasteiger partial charge in [0.15, 0.2) is 0 Å². The molecular formula is C12H13Br2N. The van der Waals surface area contributed by atoms with Crippen molar-refractivity contribution >= 4 is 43.3 Å². The second-order valence-electron chi connectivity index (χ2n) is 4.54. The summed E-state index contributed by atoms with van der Waals surface area (Å²) in [6.45, 7) is 8.63. The van der Waals surface area contributed by atoms with Crippen molar-refractivity contribution in [2.24, 2.45) is 4.99 Å². The van der Waals surface area contributed by atoms with Gasteiger partial charge in [0, 0.05) is 25.6 Å². The van der Waals surface area contributed by atoms with E-state index in [4.69, 9.17) is 0 Å². The van der Waals surface area contributed by atoms with E-state index in [1.165, 1.54) is 21.3 Å². The molecule has 0 saturated carbocycles. The minimum atomic E-state index is 0.0305. The standard InChI is InChI=1S/C12H13Br2N/c1-6-5-8(13)11-9(10(6)14)12(3,4)7(2)15-11/h5H,1-4H3. The molecule has 1 nitrogen and oxygen atoms in total. The van der Waals surface area contributed by atoms with Gasteiger partial charge in [0.05, 0.1) is 5.69 Å². The van der Waals surface area contributed by atoms with Gasteiger partial charge in [0.25, 0.3) is 0 Å². The topological polar surface area (TPSA) is 12.4 Å². The summed E-state index contributed by atoms with van der Waals surface area (Å²) < 4.78 is 2.27. The lowest BCUT2D eigenvalue weighted by molar-refractivity contribution is 0.728. The predicted molar refractivity (Wildman–Crippen MR) is 72.4 cm³/mol. The van der Waals surface area contributed by atoms with E-state index < -0.39 is 0 Å². The van der Waals surface area contributed by atoms with E-state index in [2.05, 4.69) is 70.6 Å². The highest BCUT2D eigenvalue weighted by molar-refractivity contribution is 9.11. The van der Waals surface area contributed by atoms with Crippen LogP contribution in [0, 0.1) is 6.92 Å². The van der Waals surface area contributed by atoms with Crippen LogP contribution in [0.3, 0.4) is 0 Å². The third-order valence-corrected chi connectivity index (χ3v) is 4.81. The zero-order chi connectivity index (χ0) is 11.4. The first kappa shape index (κ1) is 11.3. The molecule has 80 valence electrons. The van der Waals surface area contributed by atoms with Crippen molar-refractivity contribution in [1.82, 2.24) is 0 Å². The molecule has 1 aliphatic heterocycles. The van der Waals surface area contributed by atoms with Crippen LogP contribution in [0.15, 0.2) is 20.0 Å². The summed E-state index contributed by atoms with van der Waals surface area (Å²) >= 11 is 7.26. The van der Waals surface area contributed by atoms with Crippen molar-refractivity contribution in [2.75, 3.05) is 0 Å². The van der Waals surface area contributed by atoms with Gasteiger partial charge < -0.3 is 0 Å². The fourth-order valence-electron chi connectivity index (χ4n) is 1.91. The minimum Gasteiger partial charge on any atom is -0.256 e. The van der Waals surface area contributed by atoms with Crippen molar-refractivity contribution in [3.05, 3.63) is 26.1 Å². The van der Waals surface area contributed by atoms with E-state index in [0.717, 1.165) is 10.2 Å². The molecule has 0 saturated heterocycles. The molecule has 0 spiro atoms. The van der Waals surface area contributed by atoms with Crippen LogP contribution >= 0.6 is 31.9 Å². The maximum atomic E-state index is 4.65. The monoisotopic (exact) mass is 329 g/mol. The van der Waals surface area contributed by atoms with Gasteiger partial charge in [-0.15, -0.1) is 0 Å². The fourth-order valence-corrected chi connectivity index (χ4v) is 3.34. The quantitative estimate of drug-likeness (QED) is 0.641. The summed E-state index contributed by atoms with van der Waals surface area (Å²) in [4.78, 5) is 4.65. The van der Waals surface area contributed by atoms with E-state index in [1.54, 1.807) is 0 Å². The molecule has 0 bridgehead atoms. The molecule has 0 N–H and O–H groups in total. The fraction of sp³-hybridized carbons (Fsp3) is 0.417. The summed E-state index contributed by atoms with van der Waals surface area (Å²) in [6.07, 6.45) is 0. The Bertz CT molecular complexity index is 473. The summed E-state index contributed by atoms with van der Waals surface area (Å²) in [5.41, 5.74) is 4.83. The van der Waals surface area contributed by atoms with E-state index in [-0.39, 0.29) is 5.41 Å². The Morgan fingerprint density at radius 2 is 1.80 bits per heavy atom. The second kappa shape index (κ2) is 3.42. The van der Waals surface area contributed by atoms with Crippen molar-refractivity contribution in [3.63, 3.8) is 0 Å². The lowest BCUT2D eigenvalue weighted by atomic mass is 9.82. The molecule has 0 fully saturated rings. The lowest BCUT2D eigenvalue weighted by Gasteiger charge is -2.22. The molecule has 2 rings (SSSR count). The number of hydrogen-bond donors (Lipinski definition) is 0. The Labute approximate surface area is 107 Å². The highest BCUT2D eigenvalue weighted by Crippen LogP contribution is 2.48. The summed E-state index contributed by atoms with van der Waals surface area (Å²) in [5, 5.41) is 0. The first-order valence-corrected chi connectivity index (χ1v) is 6.49. The number of fused-ring (bicyclic) bond motifs is 1. The normalized spacial score (nSPS) is 17.6. The molecule has 1 aliphatic rings. The molecule has 0 aliphatic carbocycles. The van der Waals surface area contributed by atoms with Gasteiger partial charge in [0.2, 0.25) is 0 Å². The number of benzene rings is 1. The maximum Gasteiger partial charge on any atom is 0.0824 e. The Morgan fingerprint density at radius 1 is 1.20 bits per heavy atom. The molecule has 0 aromatic heterocycles. The van der Waals surface area contributed by atoms with Crippen LogP contribution in [0.1, 0.15) is 31.9 Å². The van der Waals surface area contributed by atoms with E-state index in [1.807, 2.05) is 0 Å². The molecule has 1 heterocycles. The largest absolute Gasteiger partial charge is 0.256 e. The van der Waals surface area contributed by atoms with Crippen molar-refractivity contribution in [2.45, 2.75) is 33.1 Å². The van der Waals surface area contributed by atoms with E-state index in [0.29, 0.717) is 0 Å². The van der Waals surface area contributed by atoms with Crippen LogP contribution in [0.2, 0.25) is 0 Å². The third kappa shape index (κ3) is 1.51. The van der Waals surface area contributed by atoms with Crippen LogP contribution in [0.25, 0.3) is 0 Å². The van der Waals surface area contributed by atoms with Crippen LogP contribution in [0.4, 0.5) is 5.69 Å². The Kier molecular flexibility index (Phi) is 2.59. The third-order valence-electron chi connectivity index (χ3n) is 3.18. The molecule has 0 amide bonds. The number of aryl methyl sites for hydroxylation is 1. The molecule has 0 unspecified atom stereocenters. The van der Waals surface area contributed by atoms with E-state index in [9.17, 15) is 0 Å². The van der Waals surface area contributed by atoms with Crippen LogP contribution in [0.5, 0.6) is 0 Å². The zero-order valence-electron chi connectivity index (χ0n) is 9.28. The lowest BCUT2D eigenvalue weighted by Crippen LogP contribution is -2.23. The van der Waals surface area contributed by atoms with Crippen molar-refractivity contribution in [1.29, 1.82) is 0 Å². The van der Waals surface area contributed by atoms with Gasteiger partial charge in [-0.25, -0.2) is 0 Å². The molecule has 0 radical (unpaired) electrons. The Morgan fingerprint density at radius 3 is 2.40 bits per heavy atom. The Hall–Kier alpha value is -0.150. The first-order valence-electron chi connectivity index (χ1n) is 4.90. The number of aliphatic imine (C=N–C) groups is 1. The molecular weight excluding hydrogens is 318 g/mol. The van der Waals surface area contributed by atoms with Gasteiger partial charge in [-0.1, -0.05) is 29.8 Å². The summed E-state index contributed by atoms with van der Waals surface area (Å²) in [6, 6.07) is 2.11. The minimum absolute atomic E-state index is 0.0305. The predicted octanol–water partition coefficient (Wildman–Crippen LogP) is 4.90. The zero-order valence-corrected chi connectivity index (χ0v) is 12.5. The molecule has 3 heteroatoms. The maximum absolute atomic E-state index is 4.65. The van der Waals surface area contributed by atoms with Crippen LogP contribution in [-0.4, -0.2) is 5.71 Å². The second-order valence-corrected chi connectivity index (χ2v) is 6.18. The Balaban J connectivity index is 2.83. The number of nitrogens with zero attached hydrogens (tertiary/aromatic N) is 1. The average Bonchev–Trinajstić information content (AvgIpc) is 2.36. The van der Waals surface area contributed by atoms with Crippen molar-refractivity contribution < 1.29 is 0 Å². The highest BCUT2D eigenvalue weighted by Gasteiger charge is 2.35. The van der Waals surface area contributed by atoms with E-state index >= 15 is 0 Å². The summed E-state index contributed by atoms with van der Waals surface area (Å²) in [5.74, 6) is 0. The molecule has 1 aromatic rings. The van der Waals surface area contributed by atoms with Gasteiger partial charge in [-0.2, -0.15) is 0 Å². The highest BCUT2D eigenvalue weighted by atomic mass is 79.9.